The zero-order chi connectivity index (χ0) is 14.8. The summed E-state index contributed by atoms with van der Waals surface area (Å²) in [6, 6.07) is 7.03. The van der Waals surface area contributed by atoms with E-state index in [2.05, 4.69) is 11.8 Å². The molecule has 1 saturated heterocycles. The Balaban J connectivity index is 1.62. The number of carbonyl (C=O) groups is 2. The maximum absolute atomic E-state index is 12.3. The van der Waals surface area contributed by atoms with Crippen molar-refractivity contribution in [1.29, 1.82) is 0 Å². The van der Waals surface area contributed by atoms with E-state index in [0.29, 0.717) is 24.2 Å². The first-order valence-electron chi connectivity index (χ1n) is 7.50. The minimum atomic E-state index is -0.170. The average molecular weight is 288 g/mol. The second-order valence-corrected chi connectivity index (χ2v) is 5.51. The molecule has 5 heteroatoms. The van der Waals surface area contributed by atoms with Gasteiger partial charge in [0.25, 0.3) is 11.8 Å². The van der Waals surface area contributed by atoms with Crippen molar-refractivity contribution in [2.45, 2.75) is 19.4 Å². The Morgan fingerprint density at radius 2 is 1.81 bits per heavy atom. The van der Waals surface area contributed by atoms with E-state index in [1.165, 1.54) is 4.90 Å². The van der Waals surface area contributed by atoms with E-state index in [0.717, 1.165) is 26.1 Å². The summed E-state index contributed by atoms with van der Waals surface area (Å²) in [6.45, 7) is 5.73. The summed E-state index contributed by atoms with van der Waals surface area (Å²) >= 11 is 0. The van der Waals surface area contributed by atoms with Gasteiger partial charge in [0.05, 0.1) is 23.8 Å². The molecule has 2 amide bonds. The zero-order valence-electron chi connectivity index (χ0n) is 12.2. The molecule has 0 spiro atoms. The van der Waals surface area contributed by atoms with Crippen LogP contribution in [0.15, 0.2) is 24.3 Å². The summed E-state index contributed by atoms with van der Waals surface area (Å²) in [5.74, 6) is -0.341. The minimum absolute atomic E-state index is 0.170. The molecule has 0 aromatic heterocycles. The van der Waals surface area contributed by atoms with Gasteiger partial charge < -0.3 is 4.74 Å². The lowest BCUT2D eigenvalue weighted by Crippen LogP contribution is -2.46. The topological polar surface area (TPSA) is 49.9 Å². The number of morpholine rings is 1. The first kappa shape index (κ1) is 14.2. The molecule has 0 aliphatic carbocycles. The van der Waals surface area contributed by atoms with Crippen LogP contribution in [0.2, 0.25) is 0 Å². The number of hydrogen-bond acceptors (Lipinski definition) is 4. The highest BCUT2D eigenvalue weighted by molar-refractivity contribution is 6.21. The van der Waals surface area contributed by atoms with E-state index in [4.69, 9.17) is 4.74 Å². The molecule has 1 unspecified atom stereocenters. The van der Waals surface area contributed by atoms with Crippen LogP contribution < -0.4 is 0 Å². The quantitative estimate of drug-likeness (QED) is 0.786. The van der Waals surface area contributed by atoms with Crippen LogP contribution in [0.5, 0.6) is 0 Å². The fraction of sp³-hybridized carbons (Fsp3) is 0.500. The van der Waals surface area contributed by atoms with E-state index in [1.807, 2.05) is 0 Å². The van der Waals surface area contributed by atoms with Gasteiger partial charge in [-0.05, 0) is 18.6 Å². The van der Waals surface area contributed by atoms with Gasteiger partial charge in [-0.2, -0.15) is 0 Å². The number of nitrogens with zero attached hydrogens (tertiary/aromatic N) is 2. The van der Waals surface area contributed by atoms with E-state index in [-0.39, 0.29) is 17.9 Å². The summed E-state index contributed by atoms with van der Waals surface area (Å²) < 4.78 is 5.63. The molecular formula is C16H20N2O3. The first-order chi connectivity index (χ1) is 10.2. The standard InChI is InChI=1S/C16H20N2O3/c1-2-12-11-17(9-10-21-12)7-8-18-15(19)13-5-3-4-6-14(13)16(18)20/h3-6,12H,2,7-11H2,1H3. The van der Waals surface area contributed by atoms with Crippen molar-refractivity contribution < 1.29 is 14.3 Å². The third-order valence-corrected chi connectivity index (χ3v) is 4.20. The molecule has 2 heterocycles. The summed E-state index contributed by atoms with van der Waals surface area (Å²) in [6.07, 6.45) is 1.25. The lowest BCUT2D eigenvalue weighted by molar-refractivity contribution is -0.0306. The lowest BCUT2D eigenvalue weighted by atomic mass is 10.1. The van der Waals surface area contributed by atoms with E-state index >= 15 is 0 Å². The average Bonchev–Trinajstić information content (AvgIpc) is 2.78. The second-order valence-electron chi connectivity index (χ2n) is 5.51. The fourth-order valence-corrected chi connectivity index (χ4v) is 2.91. The molecule has 1 aromatic rings. The Morgan fingerprint density at radius 1 is 1.14 bits per heavy atom. The maximum Gasteiger partial charge on any atom is 0.261 e. The third-order valence-electron chi connectivity index (χ3n) is 4.20. The predicted molar refractivity (Wildman–Crippen MR) is 78.3 cm³/mol. The van der Waals surface area contributed by atoms with Crippen LogP contribution in [0.3, 0.4) is 0 Å². The highest BCUT2D eigenvalue weighted by Gasteiger charge is 2.35. The molecular weight excluding hydrogens is 268 g/mol. The third kappa shape index (κ3) is 2.71. The highest BCUT2D eigenvalue weighted by atomic mass is 16.5. The molecule has 1 fully saturated rings. The lowest BCUT2D eigenvalue weighted by Gasteiger charge is -2.33. The number of fused-ring (bicyclic) bond motifs is 1. The number of carbonyl (C=O) groups excluding carboxylic acids is 2. The molecule has 21 heavy (non-hydrogen) atoms. The number of imide groups is 1. The van der Waals surface area contributed by atoms with Crippen molar-refractivity contribution >= 4 is 11.8 Å². The van der Waals surface area contributed by atoms with Crippen molar-refractivity contribution in [3.63, 3.8) is 0 Å². The Bertz CT molecular complexity index is 523. The van der Waals surface area contributed by atoms with Gasteiger partial charge >= 0.3 is 0 Å². The summed E-state index contributed by atoms with van der Waals surface area (Å²) in [5, 5.41) is 0. The highest BCUT2D eigenvalue weighted by Crippen LogP contribution is 2.22. The van der Waals surface area contributed by atoms with Gasteiger partial charge in [0.15, 0.2) is 0 Å². The van der Waals surface area contributed by atoms with Gasteiger partial charge in [-0.25, -0.2) is 0 Å². The Hall–Kier alpha value is -1.72. The van der Waals surface area contributed by atoms with Crippen LogP contribution >= 0.6 is 0 Å². The molecule has 2 aliphatic heterocycles. The van der Waals surface area contributed by atoms with Crippen LogP contribution in [0, 0.1) is 0 Å². The molecule has 3 rings (SSSR count). The molecule has 0 bridgehead atoms. The van der Waals surface area contributed by atoms with Gasteiger partial charge in [-0.1, -0.05) is 19.1 Å². The number of rotatable bonds is 4. The van der Waals surface area contributed by atoms with Gasteiger partial charge in [0.1, 0.15) is 0 Å². The van der Waals surface area contributed by atoms with Gasteiger partial charge in [-0.3, -0.25) is 19.4 Å². The maximum atomic E-state index is 12.3. The number of amides is 2. The molecule has 5 nitrogen and oxygen atoms in total. The molecule has 1 atom stereocenters. The van der Waals surface area contributed by atoms with E-state index in [1.54, 1.807) is 24.3 Å². The van der Waals surface area contributed by atoms with Gasteiger partial charge in [0.2, 0.25) is 0 Å². The summed E-state index contributed by atoms with van der Waals surface area (Å²) in [5.41, 5.74) is 1.05. The zero-order valence-corrected chi connectivity index (χ0v) is 12.2. The SMILES string of the molecule is CCC1CN(CCN2C(=O)c3ccccc3C2=O)CCO1. The van der Waals surface area contributed by atoms with Crippen LogP contribution in [-0.4, -0.2) is 60.5 Å². The van der Waals surface area contributed by atoms with Crippen molar-refractivity contribution in [3.05, 3.63) is 35.4 Å². The first-order valence-corrected chi connectivity index (χ1v) is 7.50. The predicted octanol–water partition coefficient (Wildman–Crippen LogP) is 1.39. The monoisotopic (exact) mass is 288 g/mol. The van der Waals surface area contributed by atoms with Crippen LogP contribution in [0.25, 0.3) is 0 Å². The van der Waals surface area contributed by atoms with Crippen LogP contribution in [0.1, 0.15) is 34.1 Å². The van der Waals surface area contributed by atoms with Crippen molar-refractivity contribution in [2.24, 2.45) is 0 Å². The molecule has 0 N–H and O–H groups in total. The molecule has 2 aliphatic rings. The van der Waals surface area contributed by atoms with Crippen LogP contribution in [0.4, 0.5) is 0 Å². The minimum Gasteiger partial charge on any atom is -0.376 e. The molecule has 0 saturated carbocycles. The summed E-state index contributed by atoms with van der Waals surface area (Å²) in [7, 11) is 0. The molecule has 0 radical (unpaired) electrons. The van der Waals surface area contributed by atoms with E-state index in [9.17, 15) is 9.59 Å². The smallest absolute Gasteiger partial charge is 0.261 e. The largest absolute Gasteiger partial charge is 0.376 e. The number of hydrogen-bond donors (Lipinski definition) is 0. The van der Waals surface area contributed by atoms with Crippen molar-refractivity contribution in [3.8, 4) is 0 Å². The Labute approximate surface area is 124 Å². The molecule has 1 aromatic carbocycles. The normalized spacial score (nSPS) is 22.7. The number of benzene rings is 1. The van der Waals surface area contributed by atoms with Crippen molar-refractivity contribution in [2.75, 3.05) is 32.8 Å². The molecule has 112 valence electrons. The van der Waals surface area contributed by atoms with E-state index < -0.39 is 0 Å². The van der Waals surface area contributed by atoms with Crippen LogP contribution in [-0.2, 0) is 4.74 Å². The van der Waals surface area contributed by atoms with Gasteiger partial charge in [0, 0.05) is 26.2 Å². The summed E-state index contributed by atoms with van der Waals surface area (Å²) in [4.78, 5) is 28.2. The van der Waals surface area contributed by atoms with Gasteiger partial charge in [-0.15, -0.1) is 0 Å². The number of ether oxygens (including phenoxy) is 1. The van der Waals surface area contributed by atoms with Crippen molar-refractivity contribution in [1.82, 2.24) is 9.80 Å². The Morgan fingerprint density at radius 3 is 2.43 bits per heavy atom. The Kier molecular flexibility index (Phi) is 4.03. The fourth-order valence-electron chi connectivity index (χ4n) is 2.91. The second kappa shape index (κ2) is 5.95.